The number of methoxy groups -OCH3 is 1. The number of ether oxygens (including phenoxy) is 1. The number of hydrogen-bond acceptors (Lipinski definition) is 3. The Morgan fingerprint density at radius 3 is 2.22 bits per heavy atom. The summed E-state index contributed by atoms with van der Waals surface area (Å²) >= 11 is 11.9. The van der Waals surface area contributed by atoms with Gasteiger partial charge in [-0.15, -0.1) is 0 Å². The van der Waals surface area contributed by atoms with Crippen LogP contribution in [0.15, 0.2) is 18.2 Å². The number of carbonyl (C=O) groups excluding carboxylic acids is 1. The minimum atomic E-state index is -1.72. The third-order valence-electron chi connectivity index (χ3n) is 2.70. The predicted octanol–water partition coefficient (Wildman–Crippen LogP) is 2.80. The highest BCUT2D eigenvalue weighted by Gasteiger charge is 2.43. The molecule has 1 unspecified atom stereocenters. The molecule has 0 saturated carbocycles. The van der Waals surface area contributed by atoms with E-state index in [0.717, 1.165) is 7.11 Å². The van der Waals surface area contributed by atoms with Crippen molar-refractivity contribution >= 4 is 35.1 Å². The molecule has 0 aliphatic carbocycles. The Hall–Kier alpha value is -1.26. The molecule has 1 atom stereocenters. The molecule has 18 heavy (non-hydrogen) atoms. The van der Waals surface area contributed by atoms with E-state index in [2.05, 4.69) is 4.74 Å². The molecular weight excluding hydrogens is 279 g/mol. The second kappa shape index (κ2) is 5.59. The van der Waals surface area contributed by atoms with Gasteiger partial charge in [-0.2, -0.15) is 0 Å². The third kappa shape index (κ3) is 2.76. The predicted molar refractivity (Wildman–Crippen MR) is 67.9 cm³/mol. The van der Waals surface area contributed by atoms with Crippen LogP contribution < -0.4 is 0 Å². The number of benzene rings is 1. The van der Waals surface area contributed by atoms with Gasteiger partial charge < -0.3 is 9.84 Å². The SMILES string of the molecule is COC(=O)C(C)(Cc1c(Cl)cccc1Cl)C(=O)O. The second-order valence-corrected chi connectivity index (χ2v) is 4.82. The van der Waals surface area contributed by atoms with Gasteiger partial charge in [0.2, 0.25) is 0 Å². The molecule has 0 aliphatic rings. The molecule has 0 radical (unpaired) electrons. The van der Waals surface area contributed by atoms with Crippen LogP contribution in [-0.2, 0) is 20.7 Å². The monoisotopic (exact) mass is 290 g/mol. The lowest BCUT2D eigenvalue weighted by Crippen LogP contribution is -2.39. The van der Waals surface area contributed by atoms with Crippen molar-refractivity contribution in [2.75, 3.05) is 7.11 Å². The van der Waals surface area contributed by atoms with Crippen LogP contribution in [0.3, 0.4) is 0 Å². The average molecular weight is 291 g/mol. The fraction of sp³-hybridized carbons (Fsp3) is 0.333. The first-order valence-corrected chi connectivity index (χ1v) is 5.83. The summed E-state index contributed by atoms with van der Waals surface area (Å²) in [5, 5.41) is 9.83. The Balaban J connectivity index is 3.20. The van der Waals surface area contributed by atoms with Crippen molar-refractivity contribution < 1.29 is 19.4 Å². The average Bonchev–Trinajstić information content (AvgIpc) is 2.32. The highest BCUT2D eigenvalue weighted by Crippen LogP contribution is 2.32. The van der Waals surface area contributed by atoms with Gasteiger partial charge in [0, 0.05) is 16.5 Å². The first-order valence-electron chi connectivity index (χ1n) is 5.07. The highest BCUT2D eigenvalue weighted by atomic mass is 35.5. The van der Waals surface area contributed by atoms with Crippen molar-refractivity contribution in [3.63, 3.8) is 0 Å². The molecule has 0 saturated heterocycles. The Morgan fingerprint density at radius 1 is 1.33 bits per heavy atom. The smallest absolute Gasteiger partial charge is 0.323 e. The van der Waals surface area contributed by atoms with Crippen LogP contribution >= 0.6 is 23.2 Å². The molecule has 6 heteroatoms. The molecule has 0 aliphatic heterocycles. The van der Waals surface area contributed by atoms with E-state index in [1.54, 1.807) is 18.2 Å². The second-order valence-electron chi connectivity index (χ2n) is 4.01. The maximum atomic E-state index is 11.6. The van der Waals surface area contributed by atoms with Gasteiger partial charge in [0.05, 0.1) is 7.11 Å². The fourth-order valence-corrected chi connectivity index (χ4v) is 2.05. The van der Waals surface area contributed by atoms with Gasteiger partial charge >= 0.3 is 11.9 Å². The summed E-state index contributed by atoms with van der Waals surface area (Å²) < 4.78 is 4.52. The van der Waals surface area contributed by atoms with E-state index >= 15 is 0 Å². The van der Waals surface area contributed by atoms with Crippen molar-refractivity contribution in [3.8, 4) is 0 Å². The molecule has 0 bridgehead atoms. The first kappa shape index (κ1) is 14.8. The first-order chi connectivity index (χ1) is 8.32. The summed E-state index contributed by atoms with van der Waals surface area (Å²) in [5.74, 6) is -2.13. The van der Waals surface area contributed by atoms with Gasteiger partial charge in [-0.1, -0.05) is 29.3 Å². The largest absolute Gasteiger partial charge is 0.480 e. The molecule has 0 fully saturated rings. The molecule has 0 amide bonds. The maximum Gasteiger partial charge on any atom is 0.323 e. The Bertz CT molecular complexity index is 467. The lowest BCUT2D eigenvalue weighted by molar-refractivity contribution is -0.165. The summed E-state index contributed by atoms with van der Waals surface area (Å²) in [5.41, 5.74) is -1.31. The van der Waals surface area contributed by atoms with Gasteiger partial charge in [-0.05, 0) is 24.6 Å². The summed E-state index contributed by atoms with van der Waals surface area (Å²) in [6, 6.07) is 4.81. The van der Waals surface area contributed by atoms with Crippen LogP contribution in [0.2, 0.25) is 10.0 Å². The Labute approximate surface area is 114 Å². The Kier molecular flexibility index (Phi) is 4.59. The van der Waals surface area contributed by atoms with Crippen LogP contribution in [0, 0.1) is 5.41 Å². The van der Waals surface area contributed by atoms with E-state index in [4.69, 9.17) is 23.2 Å². The van der Waals surface area contributed by atoms with E-state index in [9.17, 15) is 14.7 Å². The van der Waals surface area contributed by atoms with E-state index in [-0.39, 0.29) is 6.42 Å². The van der Waals surface area contributed by atoms with Crippen LogP contribution in [-0.4, -0.2) is 24.2 Å². The maximum absolute atomic E-state index is 11.6. The molecule has 0 heterocycles. The molecule has 1 N–H and O–H groups in total. The quantitative estimate of drug-likeness (QED) is 0.684. The van der Waals surface area contributed by atoms with Crippen LogP contribution in [0.4, 0.5) is 0 Å². The summed E-state index contributed by atoms with van der Waals surface area (Å²) in [6.07, 6.45) is -0.131. The number of carbonyl (C=O) groups is 2. The Morgan fingerprint density at radius 2 is 1.83 bits per heavy atom. The topological polar surface area (TPSA) is 63.6 Å². The minimum absolute atomic E-state index is 0.131. The van der Waals surface area contributed by atoms with Gasteiger partial charge in [0.25, 0.3) is 0 Å². The number of carboxylic acids is 1. The number of carboxylic acid groups (broad SMARTS) is 1. The minimum Gasteiger partial charge on any atom is -0.480 e. The zero-order chi connectivity index (χ0) is 13.9. The van der Waals surface area contributed by atoms with E-state index in [0.29, 0.717) is 15.6 Å². The molecular formula is C12H12Cl2O4. The summed E-state index contributed by atoms with van der Waals surface area (Å²) in [4.78, 5) is 22.9. The molecule has 1 aromatic carbocycles. The van der Waals surface area contributed by atoms with Crippen molar-refractivity contribution in [2.45, 2.75) is 13.3 Å². The normalized spacial score (nSPS) is 13.8. The van der Waals surface area contributed by atoms with Crippen LogP contribution in [0.5, 0.6) is 0 Å². The van der Waals surface area contributed by atoms with E-state index in [1.165, 1.54) is 6.92 Å². The molecule has 4 nitrogen and oxygen atoms in total. The van der Waals surface area contributed by atoms with Gasteiger partial charge in [0.1, 0.15) is 0 Å². The van der Waals surface area contributed by atoms with Gasteiger partial charge in [-0.25, -0.2) is 0 Å². The fourth-order valence-electron chi connectivity index (χ4n) is 1.52. The van der Waals surface area contributed by atoms with Crippen LogP contribution in [0.25, 0.3) is 0 Å². The zero-order valence-corrected chi connectivity index (χ0v) is 11.4. The molecule has 1 rings (SSSR count). The number of aliphatic carboxylic acids is 1. The van der Waals surface area contributed by atoms with Crippen LogP contribution in [0.1, 0.15) is 12.5 Å². The third-order valence-corrected chi connectivity index (χ3v) is 3.41. The van der Waals surface area contributed by atoms with Crippen molar-refractivity contribution in [1.82, 2.24) is 0 Å². The molecule has 0 aromatic heterocycles. The van der Waals surface area contributed by atoms with Crippen molar-refractivity contribution in [2.24, 2.45) is 5.41 Å². The lowest BCUT2D eigenvalue weighted by atomic mass is 9.83. The number of esters is 1. The highest BCUT2D eigenvalue weighted by molar-refractivity contribution is 6.36. The number of hydrogen-bond donors (Lipinski definition) is 1. The van der Waals surface area contributed by atoms with Gasteiger partial charge in [0.15, 0.2) is 5.41 Å². The molecule has 0 spiro atoms. The van der Waals surface area contributed by atoms with E-state index < -0.39 is 17.4 Å². The summed E-state index contributed by atoms with van der Waals surface area (Å²) in [7, 11) is 1.14. The van der Waals surface area contributed by atoms with Crippen molar-refractivity contribution in [3.05, 3.63) is 33.8 Å². The number of rotatable bonds is 4. The zero-order valence-electron chi connectivity index (χ0n) is 9.87. The standard InChI is InChI=1S/C12H12Cl2O4/c1-12(10(15)16,11(17)18-2)6-7-8(13)4-3-5-9(7)14/h3-5H,6H2,1-2H3,(H,15,16). The molecule has 98 valence electrons. The number of halogens is 2. The van der Waals surface area contributed by atoms with Crippen molar-refractivity contribution in [1.29, 1.82) is 0 Å². The van der Waals surface area contributed by atoms with Gasteiger partial charge in [-0.3, -0.25) is 9.59 Å². The lowest BCUT2D eigenvalue weighted by Gasteiger charge is -2.22. The molecule has 1 aromatic rings. The summed E-state index contributed by atoms with van der Waals surface area (Å²) in [6.45, 7) is 1.28. The van der Waals surface area contributed by atoms with E-state index in [1.807, 2.05) is 0 Å².